The van der Waals surface area contributed by atoms with Crippen molar-refractivity contribution in [3.05, 3.63) is 22.5 Å². The van der Waals surface area contributed by atoms with Gasteiger partial charge in [0.2, 0.25) is 0 Å². The number of aldehydes is 1. The van der Waals surface area contributed by atoms with Crippen LogP contribution in [0.3, 0.4) is 0 Å². The van der Waals surface area contributed by atoms with Crippen LogP contribution in [0.5, 0.6) is 0 Å². The van der Waals surface area contributed by atoms with E-state index in [0.29, 0.717) is 23.2 Å². The van der Waals surface area contributed by atoms with E-state index in [9.17, 15) is 9.59 Å². The lowest BCUT2D eigenvalue weighted by atomic mass is 10.1. The number of aromatic carboxylic acids is 1. The standard InChI is InChI=1S/C8H9NO3/c1-4-6(3-10)9-5(2)7(4)8(11)12/h3,9H,1-2H3,(H,11,12)/i3+2. The molecule has 4 nitrogen and oxygen atoms in total. The minimum Gasteiger partial charge on any atom is -0.478 e. The number of aromatic nitrogens is 1. The first kappa shape index (κ1) is 8.52. The van der Waals surface area contributed by atoms with Gasteiger partial charge < -0.3 is 10.1 Å². The molecular weight excluding hydrogens is 160 g/mol. The third-order valence-electron chi connectivity index (χ3n) is 1.81. The van der Waals surface area contributed by atoms with Crippen LogP contribution in [0, 0.1) is 13.8 Å². The van der Waals surface area contributed by atoms with Gasteiger partial charge in [-0.05, 0) is 19.4 Å². The lowest BCUT2D eigenvalue weighted by molar-refractivity contribution is 0.0695. The zero-order valence-electron chi connectivity index (χ0n) is 6.84. The zero-order valence-corrected chi connectivity index (χ0v) is 6.84. The van der Waals surface area contributed by atoms with E-state index in [0.717, 1.165) is 0 Å². The predicted octanol–water partition coefficient (Wildman–Crippen LogP) is 1.14. The Balaban J connectivity index is 3.37. The zero-order chi connectivity index (χ0) is 9.30. The molecule has 0 radical (unpaired) electrons. The molecule has 0 saturated carbocycles. The quantitative estimate of drug-likeness (QED) is 0.652. The Morgan fingerprint density at radius 2 is 2.08 bits per heavy atom. The van der Waals surface area contributed by atoms with Crippen LogP contribution in [-0.2, 0) is 0 Å². The summed E-state index contributed by atoms with van der Waals surface area (Å²) in [4.78, 5) is 23.7. The molecule has 0 unspecified atom stereocenters. The average Bonchev–Trinajstić information content (AvgIpc) is 2.25. The van der Waals surface area contributed by atoms with Crippen LogP contribution in [0.1, 0.15) is 32.1 Å². The fourth-order valence-electron chi connectivity index (χ4n) is 1.21. The number of rotatable bonds is 2. The fourth-order valence-corrected chi connectivity index (χ4v) is 1.21. The average molecular weight is 169 g/mol. The molecule has 0 aromatic carbocycles. The Labute approximate surface area is 69.2 Å². The van der Waals surface area contributed by atoms with E-state index in [1.165, 1.54) is 0 Å². The summed E-state index contributed by atoms with van der Waals surface area (Å²) in [6.07, 6.45) is 0.620. The first-order valence-electron chi connectivity index (χ1n) is 3.45. The predicted molar refractivity (Wildman–Crippen MR) is 42.6 cm³/mol. The second kappa shape index (κ2) is 2.81. The van der Waals surface area contributed by atoms with Crippen molar-refractivity contribution in [3.8, 4) is 0 Å². The second-order valence-electron chi connectivity index (χ2n) is 2.59. The van der Waals surface area contributed by atoms with E-state index in [2.05, 4.69) is 4.98 Å². The highest BCUT2D eigenvalue weighted by Crippen LogP contribution is 2.15. The second-order valence-corrected chi connectivity index (χ2v) is 2.59. The van der Waals surface area contributed by atoms with Crippen LogP contribution in [0.25, 0.3) is 0 Å². The number of carboxylic acid groups (broad SMARTS) is 1. The van der Waals surface area contributed by atoms with E-state index in [4.69, 9.17) is 5.11 Å². The van der Waals surface area contributed by atoms with E-state index < -0.39 is 5.97 Å². The maximum atomic E-state index is 10.6. The molecule has 1 heterocycles. The number of hydrogen-bond donors (Lipinski definition) is 2. The van der Waals surface area contributed by atoms with Gasteiger partial charge in [0.25, 0.3) is 0 Å². The normalized spacial score (nSPS) is 9.83. The van der Waals surface area contributed by atoms with Crippen LogP contribution in [0.15, 0.2) is 0 Å². The van der Waals surface area contributed by atoms with E-state index in [1.54, 1.807) is 13.8 Å². The first-order valence-corrected chi connectivity index (χ1v) is 3.45. The summed E-state index contributed by atoms with van der Waals surface area (Å²) < 4.78 is 0. The van der Waals surface area contributed by atoms with Crippen molar-refractivity contribution in [3.63, 3.8) is 0 Å². The number of aromatic amines is 1. The molecule has 0 saturated heterocycles. The van der Waals surface area contributed by atoms with Gasteiger partial charge in [-0.3, -0.25) is 4.79 Å². The molecule has 64 valence electrons. The molecule has 0 spiro atoms. The monoisotopic (exact) mass is 169 g/mol. The number of H-pyrrole nitrogens is 1. The summed E-state index contributed by atoms with van der Waals surface area (Å²) in [5.41, 5.74) is 1.54. The summed E-state index contributed by atoms with van der Waals surface area (Å²) in [5.74, 6) is -1.01. The molecular formula is C8H9NO3. The largest absolute Gasteiger partial charge is 0.478 e. The highest BCUT2D eigenvalue weighted by atomic mass is 16.4. The maximum absolute atomic E-state index is 10.6. The Hall–Kier alpha value is -1.58. The highest BCUT2D eigenvalue weighted by Gasteiger charge is 2.16. The molecule has 0 aliphatic heterocycles. The van der Waals surface area contributed by atoms with Crippen molar-refractivity contribution < 1.29 is 14.7 Å². The molecule has 12 heavy (non-hydrogen) atoms. The lowest BCUT2D eigenvalue weighted by Gasteiger charge is -1.92. The minimum absolute atomic E-state index is 0.192. The van der Waals surface area contributed by atoms with E-state index >= 15 is 0 Å². The van der Waals surface area contributed by atoms with Gasteiger partial charge in [-0.2, -0.15) is 0 Å². The van der Waals surface area contributed by atoms with Crippen LogP contribution < -0.4 is 0 Å². The molecule has 0 aliphatic carbocycles. The molecule has 0 bridgehead atoms. The summed E-state index contributed by atoms with van der Waals surface area (Å²) in [5, 5.41) is 8.72. The molecule has 1 aromatic heterocycles. The van der Waals surface area contributed by atoms with Crippen molar-refractivity contribution in [2.45, 2.75) is 13.8 Å². The molecule has 1 aromatic rings. The first-order chi connectivity index (χ1) is 5.57. The topological polar surface area (TPSA) is 70.2 Å². The maximum Gasteiger partial charge on any atom is 0.337 e. The molecule has 0 atom stereocenters. The molecule has 0 aliphatic rings. The molecule has 2 N–H and O–H groups in total. The minimum atomic E-state index is -1.01. The molecule has 0 fully saturated rings. The number of carbonyl (C=O) groups is 2. The Kier molecular flexibility index (Phi) is 1.99. The Morgan fingerprint density at radius 3 is 2.33 bits per heavy atom. The number of aryl methyl sites for hydroxylation is 1. The van der Waals surface area contributed by atoms with Gasteiger partial charge in [0.1, 0.15) is 0 Å². The molecule has 1 rings (SSSR count). The van der Waals surface area contributed by atoms with E-state index in [-0.39, 0.29) is 5.56 Å². The van der Waals surface area contributed by atoms with Crippen molar-refractivity contribution in [2.24, 2.45) is 0 Å². The van der Waals surface area contributed by atoms with Gasteiger partial charge in [-0.1, -0.05) is 0 Å². The van der Waals surface area contributed by atoms with Crippen molar-refractivity contribution in [1.29, 1.82) is 0 Å². The van der Waals surface area contributed by atoms with E-state index in [1.807, 2.05) is 0 Å². The van der Waals surface area contributed by atoms with Gasteiger partial charge in [-0.25, -0.2) is 4.79 Å². The van der Waals surface area contributed by atoms with Gasteiger partial charge in [0.05, 0.1) is 11.3 Å². The van der Waals surface area contributed by atoms with Crippen LogP contribution in [-0.4, -0.2) is 22.3 Å². The highest BCUT2D eigenvalue weighted by molar-refractivity contribution is 5.94. The summed E-state index contributed by atoms with van der Waals surface area (Å²) in [6.45, 7) is 3.24. The summed E-state index contributed by atoms with van der Waals surface area (Å²) in [6, 6.07) is 0. The van der Waals surface area contributed by atoms with Crippen molar-refractivity contribution in [1.82, 2.24) is 4.98 Å². The van der Waals surface area contributed by atoms with Crippen LogP contribution >= 0.6 is 0 Å². The smallest absolute Gasteiger partial charge is 0.337 e. The van der Waals surface area contributed by atoms with Crippen LogP contribution in [0.4, 0.5) is 0 Å². The SMILES string of the molecule is Cc1[nH]c([14CH]=O)c(C)c1C(=O)O. The Bertz CT molecular complexity index is 338. The Morgan fingerprint density at radius 1 is 1.50 bits per heavy atom. The number of nitrogens with one attached hydrogen (secondary N) is 1. The van der Waals surface area contributed by atoms with Crippen LogP contribution in [0.2, 0.25) is 0 Å². The van der Waals surface area contributed by atoms with Crippen molar-refractivity contribution >= 4 is 12.3 Å². The number of carboxylic acids is 1. The van der Waals surface area contributed by atoms with Crippen molar-refractivity contribution in [2.75, 3.05) is 0 Å². The number of carbonyl (C=O) groups excluding carboxylic acids is 1. The number of hydrogen-bond acceptors (Lipinski definition) is 2. The van der Waals surface area contributed by atoms with Gasteiger partial charge >= 0.3 is 5.97 Å². The molecule has 4 heteroatoms. The summed E-state index contributed by atoms with van der Waals surface area (Å²) >= 11 is 0. The lowest BCUT2D eigenvalue weighted by Crippen LogP contribution is -1.98. The van der Waals surface area contributed by atoms with Gasteiger partial charge in [0, 0.05) is 5.69 Å². The summed E-state index contributed by atoms with van der Waals surface area (Å²) in [7, 11) is 0. The van der Waals surface area contributed by atoms with Gasteiger partial charge in [-0.15, -0.1) is 0 Å². The molecule has 0 amide bonds. The fraction of sp³-hybridized carbons (Fsp3) is 0.250. The van der Waals surface area contributed by atoms with Gasteiger partial charge in [0.15, 0.2) is 6.29 Å². The third-order valence-corrected chi connectivity index (χ3v) is 1.81. The third kappa shape index (κ3) is 1.11.